The number of H-pyrrole nitrogens is 2. The Morgan fingerprint density at radius 3 is 0.986 bits per heavy atom. The van der Waals surface area contributed by atoms with Gasteiger partial charge in [-0.1, -0.05) is 156 Å². The quantitative estimate of drug-likeness (QED) is 0.185. The van der Waals surface area contributed by atoms with E-state index in [1.165, 1.54) is 42.4 Å². The fraction of sp³-hybridized carbons (Fsp3) is 0.250. The van der Waals surface area contributed by atoms with E-state index in [0.29, 0.717) is 0 Å². The summed E-state index contributed by atoms with van der Waals surface area (Å²) >= 11 is 3.56. The van der Waals surface area contributed by atoms with Crippen molar-refractivity contribution in [1.82, 2.24) is 19.9 Å². The summed E-state index contributed by atoms with van der Waals surface area (Å²) in [5.41, 5.74) is 21.5. The third-order valence-electron chi connectivity index (χ3n) is 14.2. The summed E-state index contributed by atoms with van der Waals surface area (Å²) in [5.74, 6) is 0. The molecular weight excluding hydrogens is 889 g/mol. The molecule has 2 aliphatic rings. The van der Waals surface area contributed by atoms with Gasteiger partial charge in [0, 0.05) is 75.6 Å². The average Bonchev–Trinajstić information content (AvgIpc) is 4.18. The van der Waals surface area contributed by atoms with Crippen LogP contribution in [0.5, 0.6) is 0 Å². The molecule has 11 rings (SSSR count). The standard InChI is InChI=1S/C64H62N4S2/c1-61(2,3)39-29-37(30-40(33-39)62(4,5)6)57-47-21-25-51(65-47)59(45-35-69-55-19-15-13-17-43(45)55)53-27-23-49(67-53)58(38-31-41(63(7,8)9)34-42(32-38)64(10,11)12)50-24-28-54(68-50)60(52-26-22-48(57)66-52)46-36-70-56-20-16-14-18-44(46)56/h13-36,65,68H,1-12H3. The number of hydrogen-bond acceptors (Lipinski definition) is 4. The molecule has 0 saturated heterocycles. The molecule has 5 aromatic heterocycles. The zero-order valence-corrected chi connectivity index (χ0v) is 44.2. The average molecular weight is 951 g/mol. The molecule has 6 heteroatoms. The van der Waals surface area contributed by atoms with Crippen LogP contribution in [0.15, 0.2) is 120 Å². The highest BCUT2D eigenvalue weighted by molar-refractivity contribution is 7.18. The summed E-state index contributed by atoms with van der Waals surface area (Å²) in [6.07, 6.45) is 8.91. The van der Waals surface area contributed by atoms with Crippen LogP contribution in [0.3, 0.4) is 0 Å². The molecule has 0 fully saturated rings. The molecule has 70 heavy (non-hydrogen) atoms. The van der Waals surface area contributed by atoms with Crippen molar-refractivity contribution in [2.75, 3.05) is 0 Å². The summed E-state index contributed by atoms with van der Waals surface area (Å²) < 4.78 is 2.49. The molecule has 9 aromatic rings. The molecule has 7 heterocycles. The minimum absolute atomic E-state index is 0.0764. The lowest BCUT2D eigenvalue weighted by Crippen LogP contribution is -2.16. The largest absolute Gasteiger partial charge is 0.354 e. The van der Waals surface area contributed by atoms with Crippen molar-refractivity contribution in [3.63, 3.8) is 0 Å². The van der Waals surface area contributed by atoms with Crippen LogP contribution in [-0.4, -0.2) is 19.9 Å². The van der Waals surface area contributed by atoms with Crippen molar-refractivity contribution in [2.45, 2.75) is 105 Å². The van der Waals surface area contributed by atoms with Crippen molar-refractivity contribution >= 4 is 89.2 Å². The van der Waals surface area contributed by atoms with Gasteiger partial charge < -0.3 is 9.97 Å². The lowest BCUT2D eigenvalue weighted by Gasteiger charge is -2.26. The van der Waals surface area contributed by atoms with E-state index >= 15 is 0 Å². The second-order valence-electron chi connectivity index (χ2n) is 23.4. The highest BCUT2D eigenvalue weighted by atomic mass is 32.1. The summed E-state index contributed by atoms with van der Waals surface area (Å²) in [6, 6.07) is 40.9. The first-order valence-corrected chi connectivity index (χ1v) is 26.4. The predicted octanol–water partition coefficient (Wildman–Crippen LogP) is 18.9. The maximum absolute atomic E-state index is 5.73. The Kier molecular flexibility index (Phi) is 10.8. The number of fused-ring (bicyclic) bond motifs is 10. The van der Waals surface area contributed by atoms with E-state index in [4.69, 9.17) is 9.97 Å². The van der Waals surface area contributed by atoms with Crippen molar-refractivity contribution in [1.29, 1.82) is 0 Å². The van der Waals surface area contributed by atoms with E-state index in [0.717, 1.165) is 89.4 Å². The number of hydrogen-bond donors (Lipinski definition) is 2. The van der Waals surface area contributed by atoms with Crippen LogP contribution in [0.2, 0.25) is 0 Å². The summed E-state index contributed by atoms with van der Waals surface area (Å²) in [6.45, 7) is 27.7. The molecule has 8 bridgehead atoms. The lowest BCUT2D eigenvalue weighted by atomic mass is 9.78. The molecule has 0 unspecified atom stereocenters. The molecule has 350 valence electrons. The predicted molar refractivity (Wildman–Crippen MR) is 306 cm³/mol. The van der Waals surface area contributed by atoms with E-state index < -0.39 is 0 Å². The van der Waals surface area contributed by atoms with Crippen LogP contribution in [-0.2, 0) is 21.7 Å². The first kappa shape index (κ1) is 45.8. The normalized spacial score (nSPS) is 13.3. The molecular formula is C64H62N4S2. The second kappa shape index (κ2) is 16.5. The van der Waals surface area contributed by atoms with Crippen molar-refractivity contribution < 1.29 is 0 Å². The van der Waals surface area contributed by atoms with Gasteiger partial charge in [-0.2, -0.15) is 0 Å². The van der Waals surface area contributed by atoms with Crippen molar-refractivity contribution in [3.8, 4) is 44.5 Å². The molecule has 2 aliphatic heterocycles. The Morgan fingerprint density at radius 1 is 0.357 bits per heavy atom. The first-order chi connectivity index (χ1) is 33.2. The van der Waals surface area contributed by atoms with Gasteiger partial charge >= 0.3 is 0 Å². The maximum Gasteiger partial charge on any atom is 0.0737 e. The fourth-order valence-corrected chi connectivity index (χ4v) is 11.9. The third-order valence-corrected chi connectivity index (χ3v) is 16.1. The number of nitrogens with one attached hydrogen (secondary N) is 2. The topological polar surface area (TPSA) is 57.4 Å². The van der Waals surface area contributed by atoms with Crippen LogP contribution >= 0.6 is 22.7 Å². The van der Waals surface area contributed by atoms with Gasteiger partial charge in [0.1, 0.15) is 0 Å². The Hall–Kier alpha value is -6.60. The van der Waals surface area contributed by atoms with E-state index in [2.05, 4.69) is 237 Å². The second-order valence-corrected chi connectivity index (χ2v) is 25.2. The number of aromatic nitrogens is 4. The van der Waals surface area contributed by atoms with E-state index in [1.807, 2.05) is 0 Å². The molecule has 4 nitrogen and oxygen atoms in total. The van der Waals surface area contributed by atoms with Crippen LogP contribution < -0.4 is 0 Å². The molecule has 4 aromatic carbocycles. The molecule has 0 saturated carbocycles. The van der Waals surface area contributed by atoms with Crippen molar-refractivity contribution in [3.05, 3.63) is 165 Å². The molecule has 0 radical (unpaired) electrons. The van der Waals surface area contributed by atoms with Crippen LogP contribution in [0.1, 0.15) is 128 Å². The first-order valence-electron chi connectivity index (χ1n) is 24.6. The lowest BCUT2D eigenvalue weighted by molar-refractivity contribution is 0.568. The maximum atomic E-state index is 5.73. The highest BCUT2D eigenvalue weighted by Crippen LogP contribution is 2.45. The number of nitrogens with zero attached hydrogens (tertiary/aromatic N) is 2. The third kappa shape index (κ3) is 8.19. The van der Waals surface area contributed by atoms with Crippen LogP contribution in [0.4, 0.5) is 0 Å². The molecule has 0 aliphatic carbocycles. The molecule has 0 atom stereocenters. The van der Waals surface area contributed by atoms with Crippen LogP contribution in [0.25, 0.3) is 111 Å². The Morgan fingerprint density at radius 2 is 0.657 bits per heavy atom. The summed E-state index contributed by atoms with van der Waals surface area (Å²) in [7, 11) is 0. The van der Waals surface area contributed by atoms with Gasteiger partial charge in [0.15, 0.2) is 0 Å². The molecule has 2 N–H and O–H groups in total. The Bertz CT molecular complexity index is 3500. The zero-order valence-electron chi connectivity index (χ0n) is 42.6. The number of benzene rings is 4. The van der Waals surface area contributed by atoms with Gasteiger partial charge in [-0.3, -0.25) is 0 Å². The number of aromatic amines is 2. The summed E-state index contributed by atoms with van der Waals surface area (Å²) in [5, 5.41) is 7.04. The summed E-state index contributed by atoms with van der Waals surface area (Å²) in [4.78, 5) is 19.6. The smallest absolute Gasteiger partial charge is 0.0737 e. The Labute approximate surface area is 421 Å². The van der Waals surface area contributed by atoms with E-state index in [-0.39, 0.29) is 21.7 Å². The SMILES string of the molecule is CC(C)(C)c1cc(-c2c3nc(c(-c4csc5ccccc45)c4ccc([nH]4)c(-c4cc(C(C)(C)C)cc(C(C)(C)C)c4)c4nc(c(-c5csc6ccccc56)c5ccc2[nH]5)C=C4)C=C3)cc(C(C)(C)C)c1. The number of rotatable bonds is 4. The van der Waals surface area contributed by atoms with E-state index in [1.54, 1.807) is 22.7 Å². The van der Waals surface area contributed by atoms with Gasteiger partial charge in [0.05, 0.1) is 22.8 Å². The van der Waals surface area contributed by atoms with Crippen molar-refractivity contribution in [2.24, 2.45) is 0 Å². The van der Waals surface area contributed by atoms with Gasteiger partial charge in [-0.05, 0) is 127 Å². The van der Waals surface area contributed by atoms with Crippen LogP contribution in [0, 0.1) is 0 Å². The molecule has 0 amide bonds. The van der Waals surface area contributed by atoms with Gasteiger partial charge in [0.2, 0.25) is 0 Å². The number of thiophene rings is 2. The molecule has 0 spiro atoms. The monoisotopic (exact) mass is 950 g/mol. The minimum Gasteiger partial charge on any atom is -0.354 e. The van der Waals surface area contributed by atoms with Gasteiger partial charge in [-0.15, -0.1) is 22.7 Å². The minimum atomic E-state index is -0.0764. The highest BCUT2D eigenvalue weighted by Gasteiger charge is 2.27. The zero-order chi connectivity index (χ0) is 49.1. The Balaban J connectivity index is 1.34. The van der Waals surface area contributed by atoms with Gasteiger partial charge in [0.25, 0.3) is 0 Å². The van der Waals surface area contributed by atoms with E-state index in [9.17, 15) is 0 Å². The fourth-order valence-electron chi connectivity index (χ4n) is 10.00. The van der Waals surface area contributed by atoms with Gasteiger partial charge in [-0.25, -0.2) is 9.97 Å².